The number of nitrogens with zero attached hydrogens (tertiary/aromatic N) is 4. The van der Waals surface area contributed by atoms with Crippen molar-refractivity contribution in [2.75, 3.05) is 6.61 Å². The molecule has 0 spiro atoms. The number of aliphatic hydroxyl groups excluding tert-OH is 1. The smallest absolute Gasteiger partial charge is 0.269 e. The average Bonchev–Trinajstić information content (AvgIpc) is 2.26. The molecule has 7 nitrogen and oxygen atoms in total. The Morgan fingerprint density at radius 2 is 2.13 bits per heavy atom. The largest absolute Gasteiger partial charge is 0.396 e. The summed E-state index contributed by atoms with van der Waals surface area (Å²) in [7, 11) is 0. The Kier molecular flexibility index (Phi) is 3.61. The fourth-order valence-corrected chi connectivity index (χ4v) is 1.09. The Balaban J connectivity index is 2.96. The minimum atomic E-state index is -0.698. The molecule has 0 unspecified atom stereocenters. The molecule has 1 rings (SSSR count). The summed E-state index contributed by atoms with van der Waals surface area (Å²) in [4.78, 5) is 12.4. The predicted octanol–water partition coefficient (Wildman–Crippen LogP) is 1.94. The number of nitro groups is 1. The minimum absolute atomic E-state index is 0.0450. The third-order valence-corrected chi connectivity index (χ3v) is 1.85. The van der Waals surface area contributed by atoms with Crippen LogP contribution in [0.25, 0.3) is 10.4 Å². The molecule has 15 heavy (non-hydrogen) atoms. The van der Waals surface area contributed by atoms with Crippen LogP contribution >= 0.6 is 0 Å². The Morgan fingerprint density at radius 3 is 2.53 bits per heavy atom. The lowest BCUT2D eigenvalue weighted by Crippen LogP contribution is -2.00. The number of benzene rings is 1. The number of non-ortho nitro benzene ring substituents is 1. The molecule has 0 aliphatic rings. The van der Waals surface area contributed by atoms with Crippen molar-refractivity contribution in [2.24, 2.45) is 5.11 Å². The molecule has 0 aliphatic carbocycles. The van der Waals surface area contributed by atoms with Gasteiger partial charge in [-0.2, -0.15) is 0 Å². The van der Waals surface area contributed by atoms with E-state index in [1.54, 1.807) is 0 Å². The van der Waals surface area contributed by atoms with Crippen molar-refractivity contribution < 1.29 is 10.0 Å². The lowest BCUT2D eigenvalue weighted by Gasteiger charge is -2.06. The van der Waals surface area contributed by atoms with Gasteiger partial charge in [-0.25, -0.2) is 0 Å². The van der Waals surface area contributed by atoms with Gasteiger partial charge in [0.25, 0.3) is 5.69 Å². The Bertz CT molecular complexity index is 397. The van der Waals surface area contributed by atoms with E-state index in [1.807, 2.05) is 0 Å². The second-order valence-electron chi connectivity index (χ2n) is 2.75. The van der Waals surface area contributed by atoms with Gasteiger partial charge in [0.05, 0.1) is 17.6 Å². The molecule has 0 bridgehead atoms. The summed E-state index contributed by atoms with van der Waals surface area (Å²) < 4.78 is 0. The van der Waals surface area contributed by atoms with E-state index >= 15 is 0 Å². The van der Waals surface area contributed by atoms with Crippen LogP contribution in [-0.2, 0) is 0 Å². The van der Waals surface area contributed by atoms with Gasteiger partial charge < -0.3 is 5.11 Å². The lowest BCUT2D eigenvalue weighted by atomic mass is 10.1. The fraction of sp³-hybridized carbons (Fsp3) is 0.250. The van der Waals surface area contributed by atoms with Crippen molar-refractivity contribution in [1.29, 1.82) is 0 Å². The predicted molar refractivity (Wildman–Crippen MR) is 52.1 cm³/mol. The summed E-state index contributed by atoms with van der Waals surface area (Å²) in [5.74, 6) is 0. The summed E-state index contributed by atoms with van der Waals surface area (Å²) in [6.07, 6.45) is 0. The van der Waals surface area contributed by atoms with Gasteiger partial charge in [-0.1, -0.05) is 17.2 Å². The van der Waals surface area contributed by atoms with E-state index in [2.05, 4.69) is 10.0 Å². The van der Waals surface area contributed by atoms with Gasteiger partial charge in [-0.15, -0.1) is 0 Å². The molecule has 0 saturated carbocycles. The molecule has 0 amide bonds. The van der Waals surface area contributed by atoms with Crippen LogP contribution < -0.4 is 0 Å². The van der Waals surface area contributed by atoms with Gasteiger partial charge in [0, 0.05) is 17.0 Å². The molecule has 0 saturated heterocycles. The Labute approximate surface area is 84.7 Å². The summed E-state index contributed by atoms with van der Waals surface area (Å²) in [6.45, 7) is -0.331. The lowest BCUT2D eigenvalue weighted by molar-refractivity contribution is -0.384. The minimum Gasteiger partial charge on any atom is -0.396 e. The first-order valence-corrected chi connectivity index (χ1v) is 4.08. The van der Waals surface area contributed by atoms with Crippen LogP contribution in [0.15, 0.2) is 29.4 Å². The zero-order valence-electron chi connectivity index (χ0n) is 7.65. The van der Waals surface area contributed by atoms with Crippen LogP contribution in [-0.4, -0.2) is 16.6 Å². The van der Waals surface area contributed by atoms with Gasteiger partial charge >= 0.3 is 0 Å². The highest BCUT2D eigenvalue weighted by molar-refractivity contribution is 5.34. The second-order valence-corrected chi connectivity index (χ2v) is 2.75. The first-order valence-electron chi connectivity index (χ1n) is 4.08. The zero-order valence-corrected chi connectivity index (χ0v) is 7.65. The second kappa shape index (κ2) is 4.94. The molecule has 1 atom stereocenters. The highest BCUT2D eigenvalue weighted by Gasteiger charge is 2.10. The zero-order chi connectivity index (χ0) is 11.3. The van der Waals surface area contributed by atoms with E-state index in [0.717, 1.165) is 0 Å². The maximum atomic E-state index is 10.4. The van der Waals surface area contributed by atoms with Crippen LogP contribution in [0.2, 0.25) is 0 Å². The molecule has 0 heterocycles. The topological polar surface area (TPSA) is 112 Å². The number of rotatable bonds is 4. The van der Waals surface area contributed by atoms with Gasteiger partial charge in [0.1, 0.15) is 0 Å². The third kappa shape index (κ3) is 2.67. The Morgan fingerprint density at radius 1 is 1.53 bits per heavy atom. The average molecular weight is 208 g/mol. The molecule has 1 aromatic rings. The molecular weight excluding hydrogens is 200 g/mol. The van der Waals surface area contributed by atoms with Crippen molar-refractivity contribution in [3.8, 4) is 0 Å². The first kappa shape index (κ1) is 11.0. The summed E-state index contributed by atoms with van der Waals surface area (Å²) in [5, 5.41) is 22.6. The van der Waals surface area contributed by atoms with Crippen molar-refractivity contribution in [3.05, 3.63) is 50.4 Å². The standard InChI is InChI=1S/C8H8N4O3/c9-11-10-8(5-13)6-1-3-7(4-2-6)12(14)15/h1-4,8,13H,5H2/t8-/m0/s1. The van der Waals surface area contributed by atoms with Crippen molar-refractivity contribution >= 4 is 5.69 Å². The molecule has 1 aromatic carbocycles. The van der Waals surface area contributed by atoms with E-state index in [4.69, 9.17) is 10.6 Å². The highest BCUT2D eigenvalue weighted by Crippen LogP contribution is 2.20. The van der Waals surface area contributed by atoms with E-state index in [0.29, 0.717) is 5.56 Å². The number of aliphatic hydroxyl groups is 1. The van der Waals surface area contributed by atoms with Gasteiger partial charge in [-0.3, -0.25) is 10.1 Å². The number of nitro benzene ring substituents is 1. The Hall–Kier alpha value is -2.11. The molecule has 0 radical (unpaired) electrons. The van der Waals surface area contributed by atoms with Crippen LogP contribution in [0.4, 0.5) is 5.69 Å². The maximum Gasteiger partial charge on any atom is 0.269 e. The number of hydrogen-bond acceptors (Lipinski definition) is 4. The van der Waals surface area contributed by atoms with Crippen molar-refractivity contribution in [2.45, 2.75) is 6.04 Å². The molecule has 1 N–H and O–H groups in total. The fourth-order valence-electron chi connectivity index (χ4n) is 1.09. The van der Waals surface area contributed by atoms with E-state index in [-0.39, 0.29) is 12.3 Å². The van der Waals surface area contributed by atoms with Gasteiger partial charge in [-0.05, 0) is 11.1 Å². The number of hydrogen-bond donors (Lipinski definition) is 1. The number of azide groups is 1. The first-order chi connectivity index (χ1) is 7.19. The maximum absolute atomic E-state index is 10.4. The molecule has 78 valence electrons. The van der Waals surface area contributed by atoms with Crippen LogP contribution in [0.1, 0.15) is 11.6 Å². The van der Waals surface area contributed by atoms with Crippen LogP contribution in [0, 0.1) is 10.1 Å². The SMILES string of the molecule is [N-]=[N+]=N[C@@H](CO)c1ccc([N+](=O)[O-])cc1. The van der Waals surface area contributed by atoms with Crippen LogP contribution in [0.5, 0.6) is 0 Å². The van der Waals surface area contributed by atoms with Gasteiger partial charge in [0.2, 0.25) is 0 Å². The monoisotopic (exact) mass is 208 g/mol. The summed E-state index contributed by atoms with van der Waals surface area (Å²) in [6, 6.07) is 4.80. The molecule has 0 fully saturated rings. The van der Waals surface area contributed by atoms with Crippen molar-refractivity contribution in [1.82, 2.24) is 0 Å². The van der Waals surface area contributed by atoms with Crippen molar-refractivity contribution in [3.63, 3.8) is 0 Å². The van der Waals surface area contributed by atoms with Crippen LogP contribution in [0.3, 0.4) is 0 Å². The third-order valence-electron chi connectivity index (χ3n) is 1.85. The van der Waals surface area contributed by atoms with Gasteiger partial charge in [0.15, 0.2) is 0 Å². The molecule has 7 heteroatoms. The van der Waals surface area contributed by atoms with E-state index < -0.39 is 11.0 Å². The normalized spacial score (nSPS) is 11.5. The molecule has 0 aliphatic heterocycles. The molecular formula is C8H8N4O3. The summed E-state index contributed by atoms with van der Waals surface area (Å²) >= 11 is 0. The summed E-state index contributed by atoms with van der Waals surface area (Å²) in [5.41, 5.74) is 8.71. The highest BCUT2D eigenvalue weighted by atomic mass is 16.6. The molecule has 0 aromatic heterocycles. The van der Waals surface area contributed by atoms with E-state index in [9.17, 15) is 10.1 Å². The van der Waals surface area contributed by atoms with E-state index in [1.165, 1.54) is 24.3 Å². The quantitative estimate of drug-likeness (QED) is 0.268.